The number of hydrogen-bond donors (Lipinski definition) is 0. The van der Waals surface area contributed by atoms with Gasteiger partial charge < -0.3 is 4.74 Å². The molecule has 0 amide bonds. The maximum Gasteiger partial charge on any atom is 0.266 e. The van der Waals surface area contributed by atoms with Crippen LogP contribution in [0.1, 0.15) is 5.56 Å². The van der Waals surface area contributed by atoms with E-state index in [1.54, 1.807) is 11.3 Å². The van der Waals surface area contributed by atoms with Crippen molar-refractivity contribution in [3.05, 3.63) is 89.9 Å². The number of benzene rings is 3. The lowest BCUT2D eigenvalue weighted by Crippen LogP contribution is -2.32. The molecule has 0 bridgehead atoms. The van der Waals surface area contributed by atoms with Gasteiger partial charge >= 0.3 is 0 Å². The SMILES string of the molecule is c1ccc(C[n+]2csc3cccc(Oc4ccccc4)c32)cc1. The van der Waals surface area contributed by atoms with E-state index in [1.165, 1.54) is 10.3 Å². The normalized spacial score (nSPS) is 10.8. The second-order valence-corrected chi connectivity index (χ2v) is 6.24. The summed E-state index contributed by atoms with van der Waals surface area (Å²) in [6, 6.07) is 26.6. The van der Waals surface area contributed by atoms with Gasteiger partial charge in [0, 0.05) is 5.56 Å². The number of fused-ring (bicyclic) bond motifs is 1. The Hall–Kier alpha value is -2.65. The van der Waals surface area contributed by atoms with E-state index in [-0.39, 0.29) is 0 Å². The predicted octanol–water partition coefficient (Wildman–Crippen LogP) is 5.03. The molecule has 0 saturated heterocycles. The van der Waals surface area contributed by atoms with Crippen LogP contribution >= 0.6 is 11.3 Å². The van der Waals surface area contributed by atoms with Crippen molar-refractivity contribution in [3.8, 4) is 11.5 Å². The fourth-order valence-electron chi connectivity index (χ4n) is 2.65. The second kappa shape index (κ2) is 6.23. The van der Waals surface area contributed by atoms with Crippen LogP contribution in [0.2, 0.25) is 0 Å². The Labute approximate surface area is 139 Å². The third-order valence-electron chi connectivity index (χ3n) is 3.72. The molecule has 4 rings (SSSR count). The lowest BCUT2D eigenvalue weighted by molar-refractivity contribution is -0.658. The maximum atomic E-state index is 6.11. The minimum absolute atomic E-state index is 0.843. The summed E-state index contributed by atoms with van der Waals surface area (Å²) in [4.78, 5) is 0. The Morgan fingerprint density at radius 2 is 1.52 bits per heavy atom. The van der Waals surface area contributed by atoms with Crippen LogP contribution < -0.4 is 9.30 Å². The largest absolute Gasteiger partial charge is 0.450 e. The van der Waals surface area contributed by atoms with Crippen LogP contribution in [-0.2, 0) is 6.54 Å². The molecule has 23 heavy (non-hydrogen) atoms. The van der Waals surface area contributed by atoms with Crippen LogP contribution in [0.4, 0.5) is 0 Å². The Morgan fingerprint density at radius 3 is 2.30 bits per heavy atom. The number of para-hydroxylation sites is 2. The molecule has 0 unspecified atom stereocenters. The summed E-state index contributed by atoms with van der Waals surface area (Å²) in [6.07, 6.45) is 0. The first-order valence-corrected chi connectivity index (χ1v) is 8.44. The maximum absolute atomic E-state index is 6.11. The van der Waals surface area contributed by atoms with E-state index in [9.17, 15) is 0 Å². The molecule has 1 aromatic heterocycles. The highest BCUT2D eigenvalue weighted by Gasteiger charge is 2.18. The fraction of sp³-hybridized carbons (Fsp3) is 0.0500. The third-order valence-corrected chi connectivity index (χ3v) is 4.67. The molecular weight excluding hydrogens is 302 g/mol. The quantitative estimate of drug-likeness (QED) is 0.481. The van der Waals surface area contributed by atoms with Crippen molar-refractivity contribution in [3.63, 3.8) is 0 Å². The molecule has 112 valence electrons. The van der Waals surface area contributed by atoms with Crippen molar-refractivity contribution in [2.24, 2.45) is 0 Å². The molecule has 0 aliphatic heterocycles. The Morgan fingerprint density at radius 1 is 0.783 bits per heavy atom. The number of rotatable bonds is 4. The second-order valence-electron chi connectivity index (χ2n) is 5.35. The summed E-state index contributed by atoms with van der Waals surface area (Å²) in [5, 5.41) is 0. The molecule has 3 aromatic carbocycles. The van der Waals surface area contributed by atoms with Gasteiger partial charge in [0.15, 0.2) is 12.3 Å². The van der Waals surface area contributed by atoms with E-state index in [2.05, 4.69) is 40.4 Å². The van der Waals surface area contributed by atoms with Gasteiger partial charge in [0.25, 0.3) is 5.52 Å². The van der Waals surface area contributed by atoms with Crippen LogP contribution in [0.3, 0.4) is 0 Å². The molecular formula is C20H16NOS+. The number of ether oxygens (including phenoxy) is 1. The summed E-state index contributed by atoms with van der Waals surface area (Å²) in [6.45, 7) is 0.843. The van der Waals surface area contributed by atoms with Gasteiger partial charge in [0.1, 0.15) is 10.4 Å². The number of thiazole rings is 1. The van der Waals surface area contributed by atoms with Gasteiger partial charge in [-0.3, -0.25) is 0 Å². The molecule has 0 atom stereocenters. The van der Waals surface area contributed by atoms with Crippen molar-refractivity contribution in [2.75, 3.05) is 0 Å². The van der Waals surface area contributed by atoms with Gasteiger partial charge in [-0.05, 0) is 24.3 Å². The van der Waals surface area contributed by atoms with E-state index < -0.39 is 0 Å². The van der Waals surface area contributed by atoms with Gasteiger partial charge in [0.2, 0.25) is 5.51 Å². The molecule has 0 fully saturated rings. The summed E-state index contributed by atoms with van der Waals surface area (Å²) in [7, 11) is 0. The number of nitrogens with zero attached hydrogens (tertiary/aromatic N) is 1. The van der Waals surface area contributed by atoms with Crippen molar-refractivity contribution in [1.29, 1.82) is 0 Å². The molecule has 0 aliphatic rings. The minimum atomic E-state index is 0.843. The fourth-order valence-corrected chi connectivity index (χ4v) is 3.56. The lowest BCUT2D eigenvalue weighted by Gasteiger charge is -2.05. The molecule has 2 nitrogen and oxygen atoms in total. The Bertz CT molecular complexity index is 916. The highest BCUT2D eigenvalue weighted by Crippen LogP contribution is 2.30. The van der Waals surface area contributed by atoms with Crippen LogP contribution in [0.5, 0.6) is 11.5 Å². The number of hydrogen-bond acceptors (Lipinski definition) is 2. The summed E-state index contributed by atoms with van der Waals surface area (Å²) in [5.41, 5.74) is 4.59. The highest BCUT2D eigenvalue weighted by atomic mass is 32.1. The van der Waals surface area contributed by atoms with Crippen LogP contribution in [0, 0.1) is 0 Å². The van der Waals surface area contributed by atoms with Crippen molar-refractivity contribution >= 4 is 21.6 Å². The minimum Gasteiger partial charge on any atom is -0.450 e. The van der Waals surface area contributed by atoms with Crippen molar-refractivity contribution < 1.29 is 9.30 Å². The van der Waals surface area contributed by atoms with E-state index in [0.717, 1.165) is 23.6 Å². The molecule has 1 heterocycles. The van der Waals surface area contributed by atoms with E-state index in [0.29, 0.717) is 0 Å². The standard InChI is InChI=1S/C20H16NOS/c1-3-8-16(9-4-1)14-21-15-23-19-13-7-12-18(20(19)21)22-17-10-5-2-6-11-17/h1-13,15H,14H2/q+1. The number of aromatic nitrogens is 1. The molecule has 0 spiro atoms. The zero-order valence-corrected chi connectivity index (χ0v) is 13.4. The topological polar surface area (TPSA) is 13.1 Å². The van der Waals surface area contributed by atoms with Crippen LogP contribution in [0.25, 0.3) is 10.2 Å². The summed E-state index contributed by atoms with van der Waals surface area (Å²) >= 11 is 1.74. The van der Waals surface area contributed by atoms with Crippen molar-refractivity contribution in [1.82, 2.24) is 0 Å². The van der Waals surface area contributed by atoms with Crippen LogP contribution in [-0.4, -0.2) is 0 Å². The average Bonchev–Trinajstić information content (AvgIpc) is 3.01. The Kier molecular flexibility index (Phi) is 3.78. The molecule has 0 saturated carbocycles. The van der Waals surface area contributed by atoms with Crippen molar-refractivity contribution in [2.45, 2.75) is 6.54 Å². The molecule has 0 radical (unpaired) electrons. The Balaban J connectivity index is 1.75. The average molecular weight is 318 g/mol. The van der Waals surface area contributed by atoms with Gasteiger partial charge in [-0.1, -0.05) is 65.9 Å². The first-order valence-electron chi connectivity index (χ1n) is 7.57. The molecule has 0 aliphatic carbocycles. The van der Waals surface area contributed by atoms with E-state index in [1.807, 2.05) is 48.5 Å². The lowest BCUT2D eigenvalue weighted by atomic mass is 10.2. The van der Waals surface area contributed by atoms with E-state index in [4.69, 9.17) is 4.74 Å². The zero-order valence-electron chi connectivity index (χ0n) is 12.6. The van der Waals surface area contributed by atoms with E-state index >= 15 is 0 Å². The first kappa shape index (κ1) is 14.0. The summed E-state index contributed by atoms with van der Waals surface area (Å²) in [5.74, 6) is 1.75. The third kappa shape index (κ3) is 2.96. The smallest absolute Gasteiger partial charge is 0.266 e. The van der Waals surface area contributed by atoms with Gasteiger partial charge in [-0.25, -0.2) is 0 Å². The van der Waals surface area contributed by atoms with Gasteiger partial charge in [0.05, 0.1) is 0 Å². The zero-order chi connectivity index (χ0) is 15.5. The van der Waals surface area contributed by atoms with Gasteiger partial charge in [-0.15, -0.1) is 0 Å². The molecule has 4 aromatic rings. The van der Waals surface area contributed by atoms with Crippen LogP contribution in [0.15, 0.2) is 84.4 Å². The monoisotopic (exact) mass is 318 g/mol. The first-order chi connectivity index (χ1) is 11.4. The molecule has 3 heteroatoms. The summed E-state index contributed by atoms with van der Waals surface area (Å²) < 4.78 is 9.60. The molecule has 0 N–H and O–H groups in total. The predicted molar refractivity (Wildman–Crippen MR) is 94.1 cm³/mol. The van der Waals surface area contributed by atoms with Gasteiger partial charge in [-0.2, -0.15) is 4.57 Å². The highest BCUT2D eigenvalue weighted by molar-refractivity contribution is 7.16.